The first kappa shape index (κ1) is 16.9. The van der Waals surface area contributed by atoms with E-state index in [0.29, 0.717) is 41.1 Å². The molecule has 1 aliphatic rings. The van der Waals surface area contributed by atoms with Gasteiger partial charge in [-0.2, -0.15) is 4.98 Å². The van der Waals surface area contributed by atoms with E-state index in [1.165, 1.54) is 6.07 Å². The molecule has 7 heteroatoms. The monoisotopic (exact) mass is 415 g/mol. The Bertz CT molecular complexity index is 945. The van der Waals surface area contributed by atoms with Crippen molar-refractivity contribution in [1.82, 2.24) is 15.0 Å². The quantitative estimate of drug-likeness (QED) is 0.629. The molecule has 1 aliphatic heterocycles. The fraction of sp³-hybridized carbons (Fsp3) is 0.211. The molecule has 0 N–H and O–H groups in total. The number of rotatable bonds is 4. The van der Waals surface area contributed by atoms with E-state index in [0.717, 1.165) is 5.56 Å². The van der Waals surface area contributed by atoms with E-state index in [2.05, 4.69) is 26.1 Å². The number of likely N-dealkylation sites (tertiary alicyclic amines) is 1. The molecule has 1 amide bonds. The Labute approximate surface area is 158 Å². The fourth-order valence-electron chi connectivity index (χ4n) is 3.09. The van der Waals surface area contributed by atoms with Gasteiger partial charge in [0, 0.05) is 18.5 Å². The largest absolute Gasteiger partial charge is 0.337 e. The molecule has 1 atom stereocenters. The summed E-state index contributed by atoms with van der Waals surface area (Å²) >= 11 is 3.16. The van der Waals surface area contributed by atoms with Gasteiger partial charge in [0.05, 0.1) is 4.47 Å². The third-order valence-corrected chi connectivity index (χ3v) is 5.04. The molecule has 1 aromatic heterocycles. The molecular formula is C19H15BrFN3O2. The minimum Gasteiger partial charge on any atom is -0.337 e. The van der Waals surface area contributed by atoms with Crippen LogP contribution < -0.4 is 0 Å². The van der Waals surface area contributed by atoms with Gasteiger partial charge in [-0.05, 0) is 46.1 Å². The number of hydrogen-bond donors (Lipinski definition) is 0. The van der Waals surface area contributed by atoms with E-state index >= 15 is 0 Å². The molecule has 1 fully saturated rings. The molecule has 0 aliphatic carbocycles. The van der Waals surface area contributed by atoms with Crippen molar-refractivity contribution >= 4 is 21.8 Å². The van der Waals surface area contributed by atoms with Crippen LogP contribution in [0.1, 0.15) is 30.3 Å². The van der Waals surface area contributed by atoms with Gasteiger partial charge in [-0.25, -0.2) is 4.39 Å². The van der Waals surface area contributed by atoms with Gasteiger partial charge in [-0.15, -0.1) is 0 Å². The smallest absolute Gasteiger partial charge is 0.249 e. The topological polar surface area (TPSA) is 59.2 Å². The zero-order valence-electron chi connectivity index (χ0n) is 13.7. The standard InChI is InChI=1S/C19H15BrFN3O2/c20-14-10-13(6-7-15(14)21)18-22-19(26-23-18)16-8-9-17(25)24(16)11-12-4-2-1-3-5-12/h1-7,10,16H,8-9,11H2. The van der Waals surface area contributed by atoms with Crippen molar-refractivity contribution in [1.29, 1.82) is 0 Å². The Morgan fingerprint density at radius 1 is 1.23 bits per heavy atom. The molecule has 4 rings (SSSR count). The second kappa shape index (κ2) is 6.99. The van der Waals surface area contributed by atoms with Crippen LogP contribution >= 0.6 is 15.9 Å². The highest BCUT2D eigenvalue weighted by Crippen LogP contribution is 2.34. The van der Waals surface area contributed by atoms with Crippen LogP contribution in [0.2, 0.25) is 0 Å². The average Bonchev–Trinajstić information content (AvgIpc) is 3.26. The van der Waals surface area contributed by atoms with Crippen LogP contribution in [0.15, 0.2) is 57.5 Å². The van der Waals surface area contributed by atoms with Crippen LogP contribution in [0, 0.1) is 5.82 Å². The first-order valence-electron chi connectivity index (χ1n) is 8.24. The third-order valence-electron chi connectivity index (χ3n) is 4.43. The summed E-state index contributed by atoms with van der Waals surface area (Å²) in [5.74, 6) is 0.498. The number of hydrogen-bond acceptors (Lipinski definition) is 4. The minimum atomic E-state index is -0.354. The number of halogens is 2. The maximum Gasteiger partial charge on any atom is 0.249 e. The predicted octanol–water partition coefficient (Wildman–Crippen LogP) is 4.50. The fourth-order valence-corrected chi connectivity index (χ4v) is 3.47. The highest BCUT2D eigenvalue weighted by molar-refractivity contribution is 9.10. The highest BCUT2D eigenvalue weighted by Gasteiger charge is 2.36. The summed E-state index contributed by atoms with van der Waals surface area (Å²) < 4.78 is 19.2. The van der Waals surface area contributed by atoms with Gasteiger partial charge in [0.25, 0.3) is 0 Å². The average molecular weight is 416 g/mol. The van der Waals surface area contributed by atoms with Gasteiger partial charge in [-0.1, -0.05) is 35.5 Å². The number of carbonyl (C=O) groups is 1. The van der Waals surface area contributed by atoms with Crippen LogP contribution in [0.5, 0.6) is 0 Å². The first-order valence-corrected chi connectivity index (χ1v) is 9.03. The molecule has 1 saturated heterocycles. The molecule has 3 aromatic rings. The lowest BCUT2D eigenvalue weighted by atomic mass is 10.1. The van der Waals surface area contributed by atoms with Crippen molar-refractivity contribution in [2.45, 2.75) is 25.4 Å². The molecule has 132 valence electrons. The van der Waals surface area contributed by atoms with Crippen molar-refractivity contribution in [2.24, 2.45) is 0 Å². The molecule has 0 spiro atoms. The summed E-state index contributed by atoms with van der Waals surface area (Å²) in [7, 11) is 0. The van der Waals surface area contributed by atoms with Crippen molar-refractivity contribution in [3.8, 4) is 11.4 Å². The normalized spacial score (nSPS) is 17.1. The molecule has 2 aromatic carbocycles. The van der Waals surface area contributed by atoms with Crippen LogP contribution in [0.4, 0.5) is 4.39 Å². The van der Waals surface area contributed by atoms with Crippen molar-refractivity contribution in [2.75, 3.05) is 0 Å². The number of carbonyl (C=O) groups excluding carboxylic acids is 1. The molecule has 26 heavy (non-hydrogen) atoms. The SMILES string of the molecule is O=C1CCC(c2nc(-c3ccc(F)c(Br)c3)no2)N1Cc1ccccc1. The zero-order chi connectivity index (χ0) is 18.1. The van der Waals surface area contributed by atoms with Crippen molar-refractivity contribution in [3.05, 3.63) is 70.3 Å². The Kier molecular flexibility index (Phi) is 4.55. The lowest BCUT2D eigenvalue weighted by Gasteiger charge is -2.22. The van der Waals surface area contributed by atoms with Gasteiger partial charge in [0.2, 0.25) is 17.6 Å². The van der Waals surface area contributed by atoms with Crippen LogP contribution in [-0.4, -0.2) is 20.9 Å². The van der Waals surface area contributed by atoms with Gasteiger partial charge >= 0.3 is 0 Å². The van der Waals surface area contributed by atoms with Crippen molar-refractivity contribution in [3.63, 3.8) is 0 Å². The van der Waals surface area contributed by atoms with E-state index < -0.39 is 0 Å². The lowest BCUT2D eigenvalue weighted by molar-refractivity contribution is -0.129. The first-order chi connectivity index (χ1) is 12.6. The second-order valence-electron chi connectivity index (χ2n) is 6.15. The summed E-state index contributed by atoms with van der Waals surface area (Å²) in [6, 6.07) is 14.1. The van der Waals surface area contributed by atoms with Crippen molar-refractivity contribution < 1.29 is 13.7 Å². The van der Waals surface area contributed by atoms with E-state index in [1.54, 1.807) is 17.0 Å². The second-order valence-corrected chi connectivity index (χ2v) is 7.00. The third kappa shape index (κ3) is 3.26. The number of benzene rings is 2. The summed E-state index contributed by atoms with van der Waals surface area (Å²) in [6.07, 6.45) is 1.09. The maximum absolute atomic E-state index is 13.4. The summed E-state index contributed by atoms with van der Waals surface area (Å²) in [4.78, 5) is 18.5. The number of aromatic nitrogens is 2. The van der Waals surface area contributed by atoms with Gasteiger partial charge in [-0.3, -0.25) is 4.79 Å². The van der Waals surface area contributed by atoms with Gasteiger partial charge in [0.1, 0.15) is 11.9 Å². The van der Waals surface area contributed by atoms with Crippen LogP contribution in [0.25, 0.3) is 11.4 Å². The predicted molar refractivity (Wildman–Crippen MR) is 96.4 cm³/mol. The van der Waals surface area contributed by atoms with E-state index in [9.17, 15) is 9.18 Å². The Balaban J connectivity index is 1.59. The summed E-state index contributed by atoms with van der Waals surface area (Å²) in [6.45, 7) is 0.504. The Morgan fingerprint density at radius 2 is 2.04 bits per heavy atom. The van der Waals surface area contributed by atoms with E-state index in [4.69, 9.17) is 4.52 Å². The zero-order valence-corrected chi connectivity index (χ0v) is 15.3. The Morgan fingerprint density at radius 3 is 2.81 bits per heavy atom. The molecule has 2 heterocycles. The summed E-state index contributed by atoms with van der Waals surface area (Å²) in [5, 5.41) is 4.00. The maximum atomic E-state index is 13.4. The molecule has 5 nitrogen and oxygen atoms in total. The lowest BCUT2D eigenvalue weighted by Crippen LogP contribution is -2.27. The molecular weight excluding hydrogens is 401 g/mol. The summed E-state index contributed by atoms with van der Waals surface area (Å²) in [5.41, 5.74) is 1.70. The molecule has 0 saturated carbocycles. The van der Waals surface area contributed by atoms with Gasteiger partial charge < -0.3 is 9.42 Å². The van der Waals surface area contributed by atoms with Crippen LogP contribution in [0.3, 0.4) is 0 Å². The highest BCUT2D eigenvalue weighted by atomic mass is 79.9. The molecule has 0 radical (unpaired) electrons. The molecule has 0 bridgehead atoms. The number of amides is 1. The number of nitrogens with zero attached hydrogens (tertiary/aromatic N) is 3. The van der Waals surface area contributed by atoms with E-state index in [-0.39, 0.29) is 17.8 Å². The molecule has 1 unspecified atom stereocenters. The van der Waals surface area contributed by atoms with E-state index in [1.807, 2.05) is 30.3 Å². The van der Waals surface area contributed by atoms with Crippen LogP contribution in [-0.2, 0) is 11.3 Å². The van der Waals surface area contributed by atoms with Gasteiger partial charge in [0.15, 0.2) is 0 Å². The minimum absolute atomic E-state index is 0.0723. The Hall–Kier alpha value is -2.54.